The zero-order valence-electron chi connectivity index (χ0n) is 17.6. The Morgan fingerprint density at radius 2 is 1.90 bits per heavy atom. The van der Waals surface area contributed by atoms with Gasteiger partial charge >= 0.3 is 0 Å². The molecule has 0 atom stereocenters. The molecule has 0 spiro atoms. The quantitative estimate of drug-likeness (QED) is 0.429. The third kappa shape index (κ3) is 5.52. The first-order valence-corrected chi connectivity index (χ1v) is 11.5. The molecule has 31 heavy (non-hydrogen) atoms. The van der Waals surface area contributed by atoms with E-state index in [0.717, 1.165) is 44.1 Å². The van der Waals surface area contributed by atoms with Crippen LogP contribution in [-0.4, -0.2) is 54.1 Å². The lowest BCUT2D eigenvalue weighted by molar-refractivity contribution is -0.908. The van der Waals surface area contributed by atoms with Gasteiger partial charge in [-0.15, -0.1) is 0 Å². The Bertz CT molecular complexity index is 1110. The van der Waals surface area contributed by atoms with Crippen molar-refractivity contribution in [1.29, 1.82) is 0 Å². The van der Waals surface area contributed by atoms with Crippen LogP contribution in [0.15, 0.2) is 58.5 Å². The number of fused-ring (bicyclic) bond motifs is 1. The van der Waals surface area contributed by atoms with Gasteiger partial charge in [-0.1, -0.05) is 41.6 Å². The number of rotatable bonds is 7. The standard InChI is InChI=1S/C23H26N4O3S/c1-17-6-8-18(9-7-17)24-21(28)16-31-23-25-20-5-3-2-4-19(20)22(29)27(23)11-10-26-12-14-30-15-13-26/h2-9H,10-16H2,1H3,(H,24,28)/p+1. The van der Waals surface area contributed by atoms with E-state index in [0.29, 0.717) is 22.6 Å². The Morgan fingerprint density at radius 3 is 2.68 bits per heavy atom. The summed E-state index contributed by atoms with van der Waals surface area (Å²) in [5.41, 5.74) is 2.50. The molecule has 1 amide bonds. The molecule has 0 bridgehead atoms. The van der Waals surface area contributed by atoms with Gasteiger partial charge < -0.3 is 15.0 Å². The molecule has 3 aromatic rings. The number of hydrogen-bond acceptors (Lipinski definition) is 5. The predicted octanol–water partition coefficient (Wildman–Crippen LogP) is 1.35. The highest BCUT2D eigenvalue weighted by atomic mass is 32.2. The van der Waals surface area contributed by atoms with Crippen molar-refractivity contribution < 1.29 is 14.4 Å². The SMILES string of the molecule is Cc1ccc(NC(=O)CSc2nc3ccccc3c(=O)n2CC[NH+]2CCOCC2)cc1. The summed E-state index contributed by atoms with van der Waals surface area (Å²) in [5.74, 6) is 0.0601. The van der Waals surface area contributed by atoms with Gasteiger partial charge in [0.15, 0.2) is 5.16 Å². The Hall–Kier alpha value is -2.68. The van der Waals surface area contributed by atoms with Crippen molar-refractivity contribution in [2.45, 2.75) is 18.6 Å². The molecular formula is C23H27N4O3S+. The van der Waals surface area contributed by atoms with E-state index < -0.39 is 0 Å². The molecule has 2 N–H and O–H groups in total. The fraction of sp³-hybridized carbons (Fsp3) is 0.348. The largest absolute Gasteiger partial charge is 0.370 e. The van der Waals surface area contributed by atoms with Crippen LogP contribution in [-0.2, 0) is 16.1 Å². The summed E-state index contributed by atoms with van der Waals surface area (Å²) in [7, 11) is 0. The minimum atomic E-state index is -0.124. The van der Waals surface area contributed by atoms with E-state index in [1.807, 2.05) is 49.4 Å². The maximum absolute atomic E-state index is 13.2. The summed E-state index contributed by atoms with van der Waals surface area (Å²) in [6.07, 6.45) is 0. The average Bonchev–Trinajstić information content (AvgIpc) is 2.79. The normalized spacial score (nSPS) is 14.6. The lowest BCUT2D eigenvalue weighted by atomic mass is 10.2. The molecule has 1 aromatic heterocycles. The lowest BCUT2D eigenvalue weighted by Gasteiger charge is -2.24. The number of thioether (sulfide) groups is 1. The number of quaternary nitrogens is 1. The minimum absolute atomic E-state index is 0.0558. The molecule has 4 rings (SSSR count). The lowest BCUT2D eigenvalue weighted by Crippen LogP contribution is -3.14. The summed E-state index contributed by atoms with van der Waals surface area (Å²) in [4.78, 5) is 31.8. The maximum atomic E-state index is 13.2. The van der Waals surface area contributed by atoms with Gasteiger partial charge in [0.2, 0.25) is 5.91 Å². The molecule has 2 aromatic carbocycles. The highest BCUT2D eigenvalue weighted by Gasteiger charge is 2.17. The Labute approximate surface area is 185 Å². The smallest absolute Gasteiger partial charge is 0.262 e. The number of carbonyl (C=O) groups is 1. The molecule has 162 valence electrons. The number of benzene rings is 2. The van der Waals surface area contributed by atoms with Crippen molar-refractivity contribution in [3.63, 3.8) is 0 Å². The minimum Gasteiger partial charge on any atom is -0.370 e. The van der Waals surface area contributed by atoms with E-state index in [2.05, 4.69) is 5.32 Å². The first-order chi connectivity index (χ1) is 15.1. The number of aryl methyl sites for hydroxylation is 1. The van der Waals surface area contributed by atoms with Crippen LogP contribution in [0.25, 0.3) is 10.9 Å². The van der Waals surface area contributed by atoms with Crippen LogP contribution < -0.4 is 15.8 Å². The van der Waals surface area contributed by atoms with Crippen LogP contribution in [0, 0.1) is 6.92 Å². The number of para-hydroxylation sites is 1. The van der Waals surface area contributed by atoms with Gasteiger partial charge in [-0.3, -0.25) is 14.2 Å². The van der Waals surface area contributed by atoms with Crippen LogP contribution in [0.2, 0.25) is 0 Å². The molecule has 7 nitrogen and oxygen atoms in total. The Morgan fingerprint density at radius 1 is 1.16 bits per heavy atom. The molecule has 1 fully saturated rings. The summed E-state index contributed by atoms with van der Waals surface area (Å²) < 4.78 is 7.14. The monoisotopic (exact) mass is 439 g/mol. The number of morpholine rings is 1. The first kappa shape index (κ1) is 21.5. The molecule has 1 aliphatic heterocycles. The van der Waals surface area contributed by atoms with Gasteiger partial charge in [0, 0.05) is 5.69 Å². The molecule has 2 heterocycles. The second-order valence-corrected chi connectivity index (χ2v) is 8.63. The zero-order valence-corrected chi connectivity index (χ0v) is 18.4. The van der Waals surface area contributed by atoms with Crippen LogP contribution >= 0.6 is 11.8 Å². The van der Waals surface area contributed by atoms with Crippen molar-refractivity contribution in [1.82, 2.24) is 9.55 Å². The molecule has 0 saturated carbocycles. The van der Waals surface area contributed by atoms with Crippen LogP contribution in [0.5, 0.6) is 0 Å². The Kier molecular flexibility index (Phi) is 7.01. The number of nitrogens with one attached hydrogen (secondary N) is 2. The van der Waals surface area contributed by atoms with Crippen molar-refractivity contribution in [2.24, 2.45) is 0 Å². The van der Waals surface area contributed by atoms with E-state index in [1.54, 1.807) is 10.6 Å². The predicted molar refractivity (Wildman–Crippen MR) is 123 cm³/mol. The number of aromatic nitrogens is 2. The molecule has 1 aliphatic rings. The summed E-state index contributed by atoms with van der Waals surface area (Å²) >= 11 is 1.30. The van der Waals surface area contributed by atoms with Crippen molar-refractivity contribution >= 4 is 34.3 Å². The van der Waals surface area contributed by atoms with E-state index in [4.69, 9.17) is 9.72 Å². The topological polar surface area (TPSA) is 77.7 Å². The third-order valence-electron chi connectivity index (χ3n) is 5.38. The van der Waals surface area contributed by atoms with E-state index >= 15 is 0 Å². The van der Waals surface area contributed by atoms with E-state index in [1.165, 1.54) is 16.7 Å². The highest BCUT2D eigenvalue weighted by Crippen LogP contribution is 2.18. The van der Waals surface area contributed by atoms with Crippen molar-refractivity contribution in [2.75, 3.05) is 43.9 Å². The number of amides is 1. The molecule has 0 radical (unpaired) electrons. The van der Waals surface area contributed by atoms with Gasteiger partial charge in [0.25, 0.3) is 5.56 Å². The van der Waals surface area contributed by atoms with Crippen molar-refractivity contribution in [3.8, 4) is 0 Å². The third-order valence-corrected chi connectivity index (χ3v) is 6.36. The molecule has 0 unspecified atom stereocenters. The van der Waals surface area contributed by atoms with Crippen molar-refractivity contribution in [3.05, 3.63) is 64.4 Å². The first-order valence-electron chi connectivity index (χ1n) is 10.5. The van der Waals surface area contributed by atoms with Gasteiger partial charge in [-0.25, -0.2) is 4.98 Å². The highest BCUT2D eigenvalue weighted by molar-refractivity contribution is 7.99. The van der Waals surface area contributed by atoms with Gasteiger partial charge in [0.1, 0.15) is 13.1 Å². The molecule has 0 aliphatic carbocycles. The van der Waals surface area contributed by atoms with Crippen LogP contribution in [0.1, 0.15) is 5.56 Å². The van der Waals surface area contributed by atoms with Crippen LogP contribution in [0.4, 0.5) is 5.69 Å². The van der Waals surface area contributed by atoms with Gasteiger partial charge in [-0.2, -0.15) is 0 Å². The number of carbonyl (C=O) groups excluding carboxylic acids is 1. The summed E-state index contributed by atoms with van der Waals surface area (Å²) in [6.45, 7) is 6.78. The van der Waals surface area contributed by atoms with Gasteiger partial charge in [-0.05, 0) is 31.2 Å². The molecule has 1 saturated heterocycles. The van der Waals surface area contributed by atoms with E-state index in [-0.39, 0.29) is 17.2 Å². The molecule has 8 heteroatoms. The van der Waals surface area contributed by atoms with E-state index in [9.17, 15) is 9.59 Å². The summed E-state index contributed by atoms with van der Waals surface area (Å²) in [6, 6.07) is 15.0. The number of ether oxygens (including phenoxy) is 1. The summed E-state index contributed by atoms with van der Waals surface area (Å²) in [5, 5.41) is 4.09. The second kappa shape index (κ2) is 10.1. The average molecular weight is 440 g/mol. The fourth-order valence-electron chi connectivity index (χ4n) is 3.60. The maximum Gasteiger partial charge on any atom is 0.262 e. The number of nitrogens with zero attached hydrogens (tertiary/aromatic N) is 2. The Balaban J connectivity index is 1.51. The zero-order chi connectivity index (χ0) is 21.6. The fourth-order valence-corrected chi connectivity index (χ4v) is 4.42. The van der Waals surface area contributed by atoms with Crippen LogP contribution in [0.3, 0.4) is 0 Å². The second-order valence-electron chi connectivity index (χ2n) is 7.68. The molecular weight excluding hydrogens is 412 g/mol. The number of hydrogen-bond donors (Lipinski definition) is 2. The number of anilines is 1. The van der Waals surface area contributed by atoms with Gasteiger partial charge in [0.05, 0.1) is 43.0 Å².